The number of hydrogen-bond donors (Lipinski definition) is 2. The molecule has 2 amide bonds. The minimum atomic E-state index is -0.319. The molecule has 2 aromatic carbocycles. The maximum atomic E-state index is 12.1. The van der Waals surface area contributed by atoms with Gasteiger partial charge >= 0.3 is 0 Å². The number of nitrogens with two attached hydrogens (primary N) is 1. The van der Waals surface area contributed by atoms with Crippen molar-refractivity contribution in [1.29, 1.82) is 0 Å². The second kappa shape index (κ2) is 8.65. The maximum Gasteiger partial charge on any atom is 0.231 e. The number of hydrogen-bond acceptors (Lipinski definition) is 3. The molecule has 0 spiro atoms. The third kappa shape index (κ3) is 4.59. The van der Waals surface area contributed by atoms with Gasteiger partial charge in [0.05, 0.1) is 6.42 Å². The first-order valence-electron chi connectivity index (χ1n) is 8.10. The van der Waals surface area contributed by atoms with Crippen molar-refractivity contribution in [1.82, 2.24) is 5.32 Å². The smallest absolute Gasteiger partial charge is 0.231 e. The molecule has 1 aliphatic rings. The Hall–Kier alpha value is -2.37. The molecule has 3 rings (SSSR count). The summed E-state index contributed by atoms with van der Waals surface area (Å²) >= 11 is 0. The first-order valence-corrected chi connectivity index (χ1v) is 8.10. The number of nitrogens with zero attached hydrogens (tertiary/aromatic N) is 1. The van der Waals surface area contributed by atoms with Gasteiger partial charge in [-0.1, -0.05) is 48.5 Å². The van der Waals surface area contributed by atoms with Crippen LogP contribution < -0.4 is 16.0 Å². The average Bonchev–Trinajstić information content (AvgIpc) is 2.91. The van der Waals surface area contributed by atoms with Crippen molar-refractivity contribution in [2.24, 2.45) is 5.73 Å². The number of carbonyl (C=O) groups is 2. The van der Waals surface area contributed by atoms with Crippen LogP contribution in [0.4, 0.5) is 5.69 Å². The van der Waals surface area contributed by atoms with Gasteiger partial charge in [-0.3, -0.25) is 9.59 Å². The number of benzene rings is 2. The van der Waals surface area contributed by atoms with E-state index in [1.54, 1.807) is 4.90 Å². The largest absolute Gasteiger partial charge is 0.354 e. The zero-order chi connectivity index (χ0) is 16.9. The molecule has 132 valence electrons. The Morgan fingerprint density at radius 3 is 2.56 bits per heavy atom. The van der Waals surface area contributed by atoms with Crippen LogP contribution in [-0.4, -0.2) is 24.9 Å². The fourth-order valence-electron chi connectivity index (χ4n) is 2.96. The predicted octanol–water partition coefficient (Wildman–Crippen LogP) is 2.20. The SMILES string of the molecule is Cl.NC(CC(=O)NCCN1C(=O)Cc2ccccc21)c1ccccc1. The highest BCUT2D eigenvalue weighted by Gasteiger charge is 2.26. The number of nitrogens with one attached hydrogen (secondary N) is 1. The second-order valence-electron chi connectivity index (χ2n) is 5.92. The number of carbonyl (C=O) groups excluding carboxylic acids is 2. The van der Waals surface area contributed by atoms with Gasteiger partial charge in [0.1, 0.15) is 0 Å². The molecule has 0 saturated heterocycles. The van der Waals surface area contributed by atoms with E-state index in [1.807, 2.05) is 54.6 Å². The minimum absolute atomic E-state index is 0. The Morgan fingerprint density at radius 1 is 1.12 bits per heavy atom. The Labute approximate surface area is 153 Å². The van der Waals surface area contributed by atoms with Crippen molar-refractivity contribution in [3.05, 3.63) is 65.7 Å². The van der Waals surface area contributed by atoms with E-state index in [9.17, 15) is 9.59 Å². The molecular formula is C19H22ClN3O2. The van der Waals surface area contributed by atoms with Gasteiger partial charge in [-0.25, -0.2) is 0 Å². The van der Waals surface area contributed by atoms with E-state index in [0.717, 1.165) is 16.8 Å². The highest BCUT2D eigenvalue weighted by molar-refractivity contribution is 6.01. The fraction of sp³-hybridized carbons (Fsp3) is 0.263. The van der Waals surface area contributed by atoms with Crippen LogP contribution in [0.1, 0.15) is 23.6 Å². The highest BCUT2D eigenvalue weighted by Crippen LogP contribution is 2.27. The van der Waals surface area contributed by atoms with Gasteiger partial charge in [0.25, 0.3) is 0 Å². The normalized spacial score (nSPS) is 13.8. The lowest BCUT2D eigenvalue weighted by Gasteiger charge is -2.18. The summed E-state index contributed by atoms with van der Waals surface area (Å²) in [6.07, 6.45) is 0.664. The van der Waals surface area contributed by atoms with Crippen molar-refractivity contribution in [3.63, 3.8) is 0 Å². The summed E-state index contributed by atoms with van der Waals surface area (Å²) in [5, 5.41) is 2.85. The third-order valence-corrected chi connectivity index (χ3v) is 4.22. The van der Waals surface area contributed by atoms with Crippen LogP contribution in [0.15, 0.2) is 54.6 Å². The van der Waals surface area contributed by atoms with Crippen molar-refractivity contribution in [2.75, 3.05) is 18.0 Å². The zero-order valence-electron chi connectivity index (χ0n) is 13.9. The van der Waals surface area contributed by atoms with Crippen molar-refractivity contribution < 1.29 is 9.59 Å². The molecule has 5 nitrogen and oxygen atoms in total. The van der Waals surface area contributed by atoms with E-state index in [4.69, 9.17) is 5.73 Å². The van der Waals surface area contributed by atoms with Crippen LogP contribution in [0.3, 0.4) is 0 Å². The van der Waals surface area contributed by atoms with E-state index in [2.05, 4.69) is 5.32 Å². The van der Waals surface area contributed by atoms with Crippen LogP contribution >= 0.6 is 12.4 Å². The second-order valence-corrected chi connectivity index (χ2v) is 5.92. The quantitative estimate of drug-likeness (QED) is 0.830. The van der Waals surface area contributed by atoms with E-state index < -0.39 is 0 Å². The Morgan fingerprint density at radius 2 is 1.80 bits per heavy atom. The summed E-state index contributed by atoms with van der Waals surface area (Å²) in [4.78, 5) is 25.8. The van der Waals surface area contributed by atoms with Gasteiger partial charge in [-0.05, 0) is 17.2 Å². The molecule has 1 heterocycles. The molecule has 0 fully saturated rings. The average molecular weight is 360 g/mol. The van der Waals surface area contributed by atoms with Gasteiger partial charge in [0.15, 0.2) is 0 Å². The zero-order valence-corrected chi connectivity index (χ0v) is 14.7. The summed E-state index contributed by atoms with van der Waals surface area (Å²) in [6.45, 7) is 0.891. The molecule has 2 aromatic rings. The molecule has 1 aliphatic heterocycles. The Kier molecular flexibility index (Phi) is 6.56. The van der Waals surface area contributed by atoms with E-state index in [-0.39, 0.29) is 36.7 Å². The third-order valence-electron chi connectivity index (χ3n) is 4.22. The van der Waals surface area contributed by atoms with Crippen LogP contribution in [0.5, 0.6) is 0 Å². The monoisotopic (exact) mass is 359 g/mol. The van der Waals surface area contributed by atoms with Gasteiger partial charge < -0.3 is 16.0 Å². The maximum absolute atomic E-state index is 12.1. The predicted molar refractivity (Wildman–Crippen MR) is 101 cm³/mol. The number of para-hydroxylation sites is 1. The number of halogens is 1. The van der Waals surface area contributed by atoms with E-state index in [1.165, 1.54) is 0 Å². The van der Waals surface area contributed by atoms with E-state index in [0.29, 0.717) is 19.5 Å². The van der Waals surface area contributed by atoms with Crippen LogP contribution in [0.25, 0.3) is 0 Å². The van der Waals surface area contributed by atoms with Gasteiger partial charge in [-0.2, -0.15) is 0 Å². The summed E-state index contributed by atoms with van der Waals surface area (Å²) in [6, 6.07) is 17.0. The fourth-order valence-corrected chi connectivity index (χ4v) is 2.96. The Bertz CT molecular complexity index is 736. The van der Waals surface area contributed by atoms with Crippen LogP contribution in [0.2, 0.25) is 0 Å². The molecule has 1 atom stereocenters. The molecule has 0 bridgehead atoms. The van der Waals surface area contributed by atoms with Crippen molar-refractivity contribution in [3.8, 4) is 0 Å². The van der Waals surface area contributed by atoms with Crippen molar-refractivity contribution in [2.45, 2.75) is 18.9 Å². The standard InChI is InChI=1S/C19H21N3O2.ClH/c20-16(14-6-2-1-3-7-14)13-18(23)21-10-11-22-17-9-5-4-8-15(17)12-19(22)24;/h1-9,16H,10-13,20H2,(H,21,23);1H. The summed E-state index contributed by atoms with van der Waals surface area (Å²) in [7, 11) is 0. The van der Waals surface area contributed by atoms with Gasteiger partial charge in [0, 0.05) is 31.2 Å². The minimum Gasteiger partial charge on any atom is -0.354 e. The molecule has 0 aliphatic carbocycles. The molecule has 0 saturated carbocycles. The number of anilines is 1. The van der Waals surface area contributed by atoms with Gasteiger partial charge in [-0.15, -0.1) is 12.4 Å². The lowest BCUT2D eigenvalue weighted by molar-refractivity contribution is -0.122. The molecule has 0 radical (unpaired) electrons. The van der Waals surface area contributed by atoms with E-state index >= 15 is 0 Å². The topological polar surface area (TPSA) is 75.4 Å². The molecule has 0 aromatic heterocycles. The molecule has 25 heavy (non-hydrogen) atoms. The summed E-state index contributed by atoms with van der Waals surface area (Å²) < 4.78 is 0. The molecule has 3 N–H and O–H groups in total. The first-order chi connectivity index (χ1) is 11.6. The summed E-state index contributed by atoms with van der Waals surface area (Å²) in [5.41, 5.74) is 8.97. The first kappa shape index (κ1) is 19.0. The Balaban J connectivity index is 0.00000225. The lowest BCUT2D eigenvalue weighted by atomic mass is 10.0. The number of amides is 2. The van der Waals surface area contributed by atoms with Crippen LogP contribution in [0, 0.1) is 0 Å². The number of fused-ring (bicyclic) bond motifs is 1. The summed E-state index contributed by atoms with van der Waals surface area (Å²) in [5.74, 6) is -0.0299. The molecule has 6 heteroatoms. The molecular weight excluding hydrogens is 338 g/mol. The molecule has 1 unspecified atom stereocenters. The highest BCUT2D eigenvalue weighted by atomic mass is 35.5. The van der Waals surface area contributed by atoms with Gasteiger partial charge in [0.2, 0.25) is 11.8 Å². The lowest BCUT2D eigenvalue weighted by Crippen LogP contribution is -2.37. The number of rotatable bonds is 6. The van der Waals surface area contributed by atoms with Crippen LogP contribution in [-0.2, 0) is 16.0 Å². The van der Waals surface area contributed by atoms with Crippen molar-refractivity contribution >= 4 is 29.9 Å².